The second kappa shape index (κ2) is 10.1. The summed E-state index contributed by atoms with van der Waals surface area (Å²) in [6.45, 7) is 13.1. The number of nitriles is 1. The van der Waals surface area contributed by atoms with Crippen LogP contribution in [-0.4, -0.2) is 28.3 Å². The number of benzene rings is 1. The summed E-state index contributed by atoms with van der Waals surface area (Å²) in [6.07, 6.45) is -2.25. The highest BCUT2D eigenvalue weighted by Crippen LogP contribution is 2.35. The van der Waals surface area contributed by atoms with Crippen LogP contribution in [0.15, 0.2) is 24.3 Å². The molecule has 0 saturated heterocycles. The number of nitrogens with zero attached hydrogens (tertiary/aromatic N) is 3. The zero-order chi connectivity index (χ0) is 24.2. The number of aryl methyl sites for hydroxylation is 2. The highest BCUT2D eigenvalue weighted by molar-refractivity contribution is 6.33. The Morgan fingerprint density at radius 1 is 1.12 bits per heavy atom. The molecule has 0 N–H and O–H groups in total. The van der Waals surface area contributed by atoms with Gasteiger partial charge in [0.2, 0.25) is 6.29 Å². The van der Waals surface area contributed by atoms with Crippen LogP contribution >= 0.6 is 11.6 Å². The molecule has 1 aromatic carbocycles. The van der Waals surface area contributed by atoms with Crippen molar-refractivity contribution in [2.45, 2.75) is 66.3 Å². The highest BCUT2D eigenvalue weighted by Gasteiger charge is 2.26. The second-order valence-corrected chi connectivity index (χ2v) is 9.11. The predicted molar refractivity (Wildman–Crippen MR) is 124 cm³/mol. The first-order valence-electron chi connectivity index (χ1n) is 10.3. The molecule has 172 valence electrons. The largest absolute Gasteiger partial charge is 0.511 e. The monoisotopic (exact) mass is 459 g/mol. The van der Waals surface area contributed by atoms with Gasteiger partial charge in [0.1, 0.15) is 17.3 Å². The fourth-order valence-corrected chi connectivity index (χ4v) is 3.29. The Hall–Kier alpha value is -2.98. The quantitative estimate of drug-likeness (QED) is 0.228. The van der Waals surface area contributed by atoms with Crippen LogP contribution in [0.5, 0.6) is 0 Å². The molecule has 0 saturated carbocycles. The summed E-state index contributed by atoms with van der Waals surface area (Å²) in [6, 6.07) is 9.88. The van der Waals surface area contributed by atoms with Crippen LogP contribution in [0, 0.1) is 18.3 Å². The van der Waals surface area contributed by atoms with Crippen LogP contribution in [0.4, 0.5) is 4.79 Å². The molecule has 0 spiro atoms. The van der Waals surface area contributed by atoms with E-state index in [1.54, 1.807) is 27.8 Å². The number of carbonyl (C=O) groups is 1. The van der Waals surface area contributed by atoms with Crippen molar-refractivity contribution in [1.29, 1.82) is 5.26 Å². The Balaban J connectivity index is 2.56. The maximum Gasteiger partial charge on any atom is 0.511 e. The van der Waals surface area contributed by atoms with E-state index in [2.05, 4.69) is 31.9 Å². The van der Waals surface area contributed by atoms with E-state index < -0.39 is 12.4 Å². The number of hydrogen-bond donors (Lipinski definition) is 0. The van der Waals surface area contributed by atoms with E-state index in [0.717, 1.165) is 5.56 Å². The van der Waals surface area contributed by atoms with E-state index >= 15 is 0 Å². The second-order valence-electron chi connectivity index (χ2n) is 8.73. The summed E-state index contributed by atoms with van der Waals surface area (Å²) < 4.78 is 17.7. The smallest absolute Gasteiger partial charge is 0.451 e. The Bertz CT molecular complexity index is 1040. The van der Waals surface area contributed by atoms with Gasteiger partial charge in [0.15, 0.2) is 5.76 Å². The minimum atomic E-state index is -1.04. The molecule has 7 nitrogen and oxygen atoms in total. The van der Waals surface area contributed by atoms with Crippen molar-refractivity contribution in [3.05, 3.63) is 51.8 Å². The zero-order valence-corrected chi connectivity index (χ0v) is 20.6. The molecule has 0 bridgehead atoms. The SMILES string of the molecule is Cc1nn(C)c(/C(OC(C)OC(=O)OC(C)C)=C(\C#N)c2ccc(C(C)(C)C)cc2)c1Cl. The van der Waals surface area contributed by atoms with Gasteiger partial charge in [-0.3, -0.25) is 4.68 Å². The summed E-state index contributed by atoms with van der Waals surface area (Å²) in [7, 11) is 1.70. The number of aromatic nitrogens is 2. The Morgan fingerprint density at radius 2 is 1.72 bits per heavy atom. The molecule has 32 heavy (non-hydrogen) atoms. The molecule has 1 atom stereocenters. The molecule has 1 aromatic heterocycles. The molecule has 2 aromatic rings. The summed E-state index contributed by atoms with van der Waals surface area (Å²) in [5.41, 5.74) is 2.97. The molecule has 8 heteroatoms. The highest BCUT2D eigenvalue weighted by atomic mass is 35.5. The van der Waals surface area contributed by atoms with Crippen LogP contribution in [0.3, 0.4) is 0 Å². The van der Waals surface area contributed by atoms with Crippen LogP contribution in [0.1, 0.15) is 64.1 Å². The van der Waals surface area contributed by atoms with Crippen LogP contribution < -0.4 is 0 Å². The van der Waals surface area contributed by atoms with Gasteiger partial charge in [0.25, 0.3) is 0 Å². The van der Waals surface area contributed by atoms with Gasteiger partial charge in [-0.25, -0.2) is 4.79 Å². The van der Waals surface area contributed by atoms with Crippen molar-refractivity contribution in [3.8, 4) is 6.07 Å². The van der Waals surface area contributed by atoms with Crippen molar-refractivity contribution < 1.29 is 19.0 Å². The first kappa shape index (κ1) is 25.3. The van der Waals surface area contributed by atoms with Crippen molar-refractivity contribution >= 4 is 29.1 Å². The Morgan fingerprint density at radius 3 is 2.16 bits per heavy atom. The molecule has 1 heterocycles. The van der Waals surface area contributed by atoms with Gasteiger partial charge in [-0.1, -0.05) is 56.6 Å². The van der Waals surface area contributed by atoms with Crippen molar-refractivity contribution in [2.24, 2.45) is 7.05 Å². The van der Waals surface area contributed by atoms with Gasteiger partial charge in [0.05, 0.1) is 16.8 Å². The molecular formula is C24H30ClN3O4. The van der Waals surface area contributed by atoms with Crippen molar-refractivity contribution in [1.82, 2.24) is 9.78 Å². The third-order valence-electron chi connectivity index (χ3n) is 4.62. The first-order chi connectivity index (χ1) is 14.8. The number of hydrogen-bond acceptors (Lipinski definition) is 6. The molecule has 0 aliphatic carbocycles. The lowest BCUT2D eigenvalue weighted by atomic mass is 9.86. The van der Waals surface area contributed by atoms with Crippen LogP contribution in [0.2, 0.25) is 5.02 Å². The van der Waals surface area contributed by atoms with Gasteiger partial charge in [-0.2, -0.15) is 10.4 Å². The Kier molecular flexibility index (Phi) is 7.97. The molecule has 0 aliphatic heterocycles. The zero-order valence-electron chi connectivity index (χ0n) is 19.8. The van der Waals surface area contributed by atoms with E-state index in [-0.39, 0.29) is 22.9 Å². The van der Waals surface area contributed by atoms with Gasteiger partial charge in [-0.05, 0) is 37.3 Å². The summed E-state index contributed by atoms with van der Waals surface area (Å²) in [4.78, 5) is 11.9. The minimum Gasteiger partial charge on any atom is -0.451 e. The summed E-state index contributed by atoms with van der Waals surface area (Å²) >= 11 is 6.50. The van der Waals surface area contributed by atoms with Crippen molar-refractivity contribution in [3.63, 3.8) is 0 Å². The molecule has 1 unspecified atom stereocenters. The minimum absolute atomic E-state index is 0.0318. The molecule has 0 fully saturated rings. The fraction of sp³-hybridized carbons (Fsp3) is 0.458. The third-order valence-corrected chi connectivity index (χ3v) is 5.07. The lowest BCUT2D eigenvalue weighted by molar-refractivity contribution is -0.0734. The van der Waals surface area contributed by atoms with Gasteiger partial charge in [0, 0.05) is 14.0 Å². The summed E-state index contributed by atoms with van der Waals surface area (Å²) in [5, 5.41) is 14.7. The molecule has 0 aliphatic rings. The van der Waals surface area contributed by atoms with Gasteiger partial charge >= 0.3 is 6.16 Å². The van der Waals surface area contributed by atoms with Gasteiger partial charge < -0.3 is 14.2 Å². The third kappa shape index (κ3) is 6.04. The van der Waals surface area contributed by atoms with E-state index in [9.17, 15) is 10.1 Å². The maximum atomic E-state index is 11.9. The fourth-order valence-electron chi connectivity index (χ4n) is 3.04. The van der Waals surface area contributed by atoms with Gasteiger partial charge in [-0.15, -0.1) is 0 Å². The van der Waals surface area contributed by atoms with Crippen LogP contribution in [0.25, 0.3) is 11.3 Å². The van der Waals surface area contributed by atoms with Crippen LogP contribution in [-0.2, 0) is 26.7 Å². The Labute approximate surface area is 194 Å². The predicted octanol–water partition coefficient (Wildman–Crippen LogP) is 6.00. The van der Waals surface area contributed by atoms with E-state index in [0.29, 0.717) is 22.0 Å². The number of carbonyl (C=O) groups excluding carboxylic acids is 1. The lowest BCUT2D eigenvalue weighted by Crippen LogP contribution is -2.21. The topological polar surface area (TPSA) is 86.4 Å². The number of halogens is 1. The van der Waals surface area contributed by atoms with E-state index in [1.165, 1.54) is 11.6 Å². The molecule has 0 radical (unpaired) electrons. The molecular weight excluding hydrogens is 430 g/mol. The number of ether oxygens (including phenoxy) is 3. The van der Waals surface area contributed by atoms with Crippen molar-refractivity contribution in [2.75, 3.05) is 0 Å². The lowest BCUT2D eigenvalue weighted by Gasteiger charge is -2.21. The molecule has 0 amide bonds. The molecule has 2 rings (SSSR count). The average molecular weight is 460 g/mol. The van der Waals surface area contributed by atoms with E-state index in [1.807, 2.05) is 24.3 Å². The maximum absolute atomic E-state index is 11.9. The van der Waals surface area contributed by atoms with E-state index in [4.69, 9.17) is 25.8 Å². The standard InChI is InChI=1S/C24H30ClN3O4/c1-14(2)30-23(29)32-16(4)31-22(21-20(25)15(3)27-28(21)8)19(13-26)17-9-11-18(12-10-17)24(5,6)7/h9-12,14,16H,1-8H3/b22-19-. The first-order valence-corrected chi connectivity index (χ1v) is 10.7. The normalized spacial score (nSPS) is 13.3. The summed E-state index contributed by atoms with van der Waals surface area (Å²) in [5.74, 6) is 0.161. The number of rotatable bonds is 6. The average Bonchev–Trinajstić information content (AvgIpc) is 2.92. The number of allylic oxidation sites excluding steroid dienone is 1.